The molecular formula is C16H24N10O. The Morgan fingerprint density at radius 3 is 2.59 bits per heavy atom. The van der Waals surface area contributed by atoms with Crippen LogP contribution in [0.25, 0.3) is 11.2 Å². The predicted octanol–water partition coefficient (Wildman–Crippen LogP) is 0.602. The van der Waals surface area contributed by atoms with Gasteiger partial charge in [-0.3, -0.25) is 0 Å². The van der Waals surface area contributed by atoms with Crippen LogP contribution >= 0.6 is 0 Å². The number of hydrogen-bond acceptors (Lipinski definition) is 9. The zero-order valence-corrected chi connectivity index (χ0v) is 16.2. The summed E-state index contributed by atoms with van der Waals surface area (Å²) in [5, 5.41) is 33.6. The fourth-order valence-electron chi connectivity index (χ4n) is 3.12. The molecule has 0 aromatic carbocycles. The molecule has 0 bridgehead atoms. The average molecular weight is 372 g/mol. The van der Waals surface area contributed by atoms with Crippen molar-refractivity contribution in [1.82, 2.24) is 45.6 Å². The van der Waals surface area contributed by atoms with Crippen molar-refractivity contribution in [3.63, 3.8) is 0 Å². The van der Waals surface area contributed by atoms with E-state index in [1.165, 1.54) is 4.80 Å². The molecule has 2 atom stereocenters. The second-order valence-electron chi connectivity index (χ2n) is 8.43. The fraction of sp³-hybridized carbons (Fsp3) is 0.688. The van der Waals surface area contributed by atoms with E-state index in [2.05, 4.69) is 61.5 Å². The van der Waals surface area contributed by atoms with Crippen LogP contribution in [0, 0.1) is 0 Å². The highest BCUT2D eigenvalue weighted by atomic mass is 16.3. The molecule has 11 heteroatoms. The number of β-amino-alcohol motifs (C(OH)–C–C–N with tert-alkyl or cyclic N) is 1. The molecule has 0 saturated carbocycles. The van der Waals surface area contributed by atoms with Crippen molar-refractivity contribution in [2.75, 3.05) is 18.0 Å². The third kappa shape index (κ3) is 3.22. The molecule has 27 heavy (non-hydrogen) atoms. The lowest BCUT2D eigenvalue weighted by Crippen LogP contribution is -2.31. The first kappa shape index (κ1) is 17.7. The summed E-state index contributed by atoms with van der Waals surface area (Å²) in [6, 6.07) is -0.300. The molecular weight excluding hydrogens is 348 g/mol. The van der Waals surface area contributed by atoms with Crippen LogP contribution < -0.4 is 4.90 Å². The minimum atomic E-state index is -0.743. The number of aromatic nitrogens is 9. The molecule has 3 aromatic heterocycles. The molecule has 1 aliphatic rings. The van der Waals surface area contributed by atoms with Gasteiger partial charge in [-0.2, -0.15) is 10.0 Å². The van der Waals surface area contributed by atoms with Gasteiger partial charge in [-0.1, -0.05) is 26.0 Å². The topological polar surface area (TPSA) is 134 Å². The molecule has 0 amide bonds. The number of tetrazole rings is 1. The average Bonchev–Trinajstić information content (AvgIpc) is 3.31. The third-order valence-corrected chi connectivity index (χ3v) is 4.75. The normalized spacial score (nSPS) is 21.9. The summed E-state index contributed by atoms with van der Waals surface area (Å²) in [4.78, 5) is 13.0. The van der Waals surface area contributed by atoms with Crippen LogP contribution in [0.4, 0.5) is 5.82 Å². The molecule has 2 N–H and O–H groups in total. The molecule has 144 valence electrons. The summed E-state index contributed by atoms with van der Waals surface area (Å²) in [5.74, 6) is 1.88. The van der Waals surface area contributed by atoms with Crippen molar-refractivity contribution in [2.45, 2.75) is 58.1 Å². The van der Waals surface area contributed by atoms with E-state index in [1.807, 2.05) is 13.8 Å². The van der Waals surface area contributed by atoms with Crippen LogP contribution in [-0.4, -0.2) is 69.4 Å². The Labute approximate surface area is 156 Å². The maximum absolute atomic E-state index is 10.4. The monoisotopic (exact) mass is 372 g/mol. The fourth-order valence-corrected chi connectivity index (χ4v) is 3.12. The largest absolute Gasteiger partial charge is 0.388 e. The molecule has 1 fully saturated rings. The molecule has 4 rings (SSSR count). The molecule has 0 spiro atoms. The van der Waals surface area contributed by atoms with E-state index >= 15 is 0 Å². The number of aliphatic hydroxyl groups is 1. The van der Waals surface area contributed by atoms with E-state index in [4.69, 9.17) is 4.98 Å². The first-order chi connectivity index (χ1) is 12.6. The summed E-state index contributed by atoms with van der Waals surface area (Å²) in [6.07, 6.45) is 0.677. The number of fused-ring (bicyclic) bond motifs is 1. The number of aromatic amines is 1. The van der Waals surface area contributed by atoms with E-state index < -0.39 is 5.60 Å². The van der Waals surface area contributed by atoms with Gasteiger partial charge in [0.25, 0.3) is 0 Å². The van der Waals surface area contributed by atoms with Gasteiger partial charge in [0, 0.05) is 18.5 Å². The van der Waals surface area contributed by atoms with Gasteiger partial charge >= 0.3 is 0 Å². The second kappa shape index (κ2) is 5.91. The standard InChI is InChI=1S/C16H24N10O/c1-9(11-19-23-24-20-11)26-21-10-12(22-26)17-14(15(2,3)4)18-13(10)25-7-6-16(5,27)8-25/h9,27H,6-8H2,1-5H3,(H,19,20,23,24)/t9?,16-/m1/s1. The second-order valence-corrected chi connectivity index (χ2v) is 8.43. The van der Waals surface area contributed by atoms with Crippen LogP contribution in [0.1, 0.15) is 58.7 Å². The van der Waals surface area contributed by atoms with E-state index in [9.17, 15) is 5.11 Å². The summed E-state index contributed by atoms with van der Waals surface area (Å²) >= 11 is 0. The molecule has 0 aliphatic carbocycles. The lowest BCUT2D eigenvalue weighted by Gasteiger charge is -2.22. The van der Waals surface area contributed by atoms with Gasteiger partial charge in [-0.15, -0.1) is 20.4 Å². The van der Waals surface area contributed by atoms with E-state index in [-0.39, 0.29) is 11.5 Å². The Morgan fingerprint density at radius 2 is 2.00 bits per heavy atom. The zero-order valence-electron chi connectivity index (χ0n) is 16.2. The highest BCUT2D eigenvalue weighted by Crippen LogP contribution is 2.31. The van der Waals surface area contributed by atoms with Gasteiger partial charge in [0.2, 0.25) is 11.5 Å². The molecule has 1 unspecified atom stereocenters. The van der Waals surface area contributed by atoms with E-state index in [0.717, 1.165) is 0 Å². The number of rotatable bonds is 3. The van der Waals surface area contributed by atoms with E-state index in [1.54, 1.807) is 0 Å². The van der Waals surface area contributed by atoms with Gasteiger partial charge in [0.15, 0.2) is 11.3 Å². The third-order valence-electron chi connectivity index (χ3n) is 4.75. The Kier molecular flexibility index (Phi) is 3.88. The van der Waals surface area contributed by atoms with Crippen LogP contribution in [0.2, 0.25) is 0 Å². The molecule has 0 radical (unpaired) electrons. The molecule has 4 heterocycles. The van der Waals surface area contributed by atoms with E-state index in [0.29, 0.717) is 48.1 Å². The van der Waals surface area contributed by atoms with Gasteiger partial charge in [0.1, 0.15) is 11.9 Å². The summed E-state index contributed by atoms with van der Waals surface area (Å²) in [7, 11) is 0. The summed E-state index contributed by atoms with van der Waals surface area (Å²) in [6.45, 7) is 11.1. The van der Waals surface area contributed by atoms with Crippen molar-refractivity contribution in [2.24, 2.45) is 0 Å². The van der Waals surface area contributed by atoms with Crippen molar-refractivity contribution >= 4 is 17.0 Å². The SMILES string of the molecule is CC(c1nn[nH]n1)n1nc2nc(C(C)(C)C)nc(N3CC[C@@](C)(O)C3)c2n1. The minimum absolute atomic E-state index is 0.242. The molecule has 11 nitrogen and oxygen atoms in total. The Balaban J connectivity index is 1.84. The van der Waals surface area contributed by atoms with Gasteiger partial charge in [0.05, 0.1) is 5.60 Å². The lowest BCUT2D eigenvalue weighted by molar-refractivity contribution is 0.0839. The van der Waals surface area contributed by atoms with Crippen LogP contribution in [-0.2, 0) is 5.41 Å². The molecule has 1 aliphatic heterocycles. The summed E-state index contributed by atoms with van der Waals surface area (Å²) < 4.78 is 0. The van der Waals surface area contributed by atoms with Crippen molar-refractivity contribution < 1.29 is 5.11 Å². The first-order valence-electron chi connectivity index (χ1n) is 9.00. The summed E-state index contributed by atoms with van der Waals surface area (Å²) in [5.41, 5.74) is 0.143. The van der Waals surface area contributed by atoms with Crippen molar-refractivity contribution in [1.29, 1.82) is 0 Å². The lowest BCUT2D eigenvalue weighted by atomic mass is 9.96. The zero-order chi connectivity index (χ0) is 19.4. The van der Waals surface area contributed by atoms with Gasteiger partial charge < -0.3 is 10.0 Å². The Bertz CT molecular complexity index is 956. The van der Waals surface area contributed by atoms with Gasteiger partial charge in [-0.25, -0.2) is 9.97 Å². The minimum Gasteiger partial charge on any atom is -0.388 e. The molecule has 1 saturated heterocycles. The first-order valence-corrected chi connectivity index (χ1v) is 9.00. The van der Waals surface area contributed by atoms with Gasteiger partial charge in [-0.05, 0) is 20.3 Å². The smallest absolute Gasteiger partial charge is 0.207 e. The Hall–Kier alpha value is -2.69. The number of nitrogens with one attached hydrogen (secondary N) is 1. The van der Waals surface area contributed by atoms with Crippen LogP contribution in [0.15, 0.2) is 0 Å². The van der Waals surface area contributed by atoms with Crippen LogP contribution in [0.3, 0.4) is 0 Å². The molecule has 3 aromatic rings. The predicted molar refractivity (Wildman–Crippen MR) is 97.3 cm³/mol. The highest BCUT2D eigenvalue weighted by molar-refractivity contribution is 5.83. The number of nitrogens with zero attached hydrogens (tertiary/aromatic N) is 9. The number of hydrogen-bond donors (Lipinski definition) is 2. The number of H-pyrrole nitrogens is 1. The van der Waals surface area contributed by atoms with Crippen LogP contribution in [0.5, 0.6) is 0 Å². The Morgan fingerprint density at radius 1 is 1.22 bits per heavy atom. The highest BCUT2D eigenvalue weighted by Gasteiger charge is 2.35. The van der Waals surface area contributed by atoms with Crippen molar-refractivity contribution in [3.05, 3.63) is 11.6 Å². The quantitative estimate of drug-likeness (QED) is 0.677. The maximum Gasteiger partial charge on any atom is 0.207 e. The maximum atomic E-state index is 10.4. The number of anilines is 1. The van der Waals surface area contributed by atoms with Crippen molar-refractivity contribution in [3.8, 4) is 0 Å².